The number of halogens is 8. The zero-order valence-corrected chi connectivity index (χ0v) is 14.4. The van der Waals surface area contributed by atoms with Crippen LogP contribution in [0.2, 0.25) is 0 Å². The highest BCUT2D eigenvalue weighted by atomic mass is 32.1. The summed E-state index contributed by atoms with van der Waals surface area (Å²) >= 11 is 0.316. The van der Waals surface area contributed by atoms with Gasteiger partial charge in [-0.25, -0.2) is 35.1 Å². The smallest absolute Gasteiger partial charge is 0.170 e. The number of benzene rings is 2. The average molecular weight is 408 g/mol. The van der Waals surface area contributed by atoms with Crippen LogP contribution in [-0.4, -0.2) is 0 Å². The summed E-state index contributed by atoms with van der Waals surface area (Å²) < 4.78 is 111. The molecule has 0 nitrogen and oxygen atoms in total. The monoisotopic (exact) mass is 408 g/mol. The molecule has 0 bridgehead atoms. The Morgan fingerprint density at radius 3 is 1.00 bits per heavy atom. The van der Waals surface area contributed by atoms with Gasteiger partial charge < -0.3 is 0 Å². The van der Waals surface area contributed by atoms with Gasteiger partial charge in [0.25, 0.3) is 0 Å². The molecule has 142 valence electrons. The Kier molecular flexibility index (Phi) is 4.75. The lowest BCUT2D eigenvalue weighted by Crippen LogP contribution is -2.02. The molecule has 0 aliphatic rings. The Morgan fingerprint density at radius 2 is 0.741 bits per heavy atom. The number of hydrogen-bond acceptors (Lipinski definition) is 1. The van der Waals surface area contributed by atoms with Crippen LogP contribution in [-0.2, 0) is 0 Å². The maximum absolute atomic E-state index is 14.1. The molecule has 0 saturated carbocycles. The van der Waals surface area contributed by atoms with Crippen LogP contribution in [0.4, 0.5) is 35.1 Å². The molecule has 0 aliphatic heterocycles. The van der Waals surface area contributed by atoms with E-state index in [1.807, 2.05) is 0 Å². The highest BCUT2D eigenvalue weighted by Gasteiger charge is 2.28. The lowest BCUT2D eigenvalue weighted by Gasteiger charge is -2.09. The fraction of sp³-hybridized carbons (Fsp3) is 0.111. The number of rotatable bonds is 2. The lowest BCUT2D eigenvalue weighted by molar-refractivity contribution is 0.449. The van der Waals surface area contributed by atoms with Gasteiger partial charge in [-0.15, -0.1) is 11.3 Å². The molecule has 0 radical (unpaired) electrons. The summed E-state index contributed by atoms with van der Waals surface area (Å²) in [5, 5.41) is 0. The van der Waals surface area contributed by atoms with E-state index in [0.29, 0.717) is 11.3 Å². The van der Waals surface area contributed by atoms with Crippen LogP contribution in [0.15, 0.2) is 12.1 Å². The van der Waals surface area contributed by atoms with Crippen LogP contribution in [0.5, 0.6) is 0 Å². The predicted molar refractivity (Wildman–Crippen MR) is 84.3 cm³/mol. The standard InChI is InChI=1S/C18H8F8S/c1-5-11(19)15(23)9(16(24)12(5)20)7-3-4-8(27-7)10-17(25)13(21)6(2)14(22)18(10)26/h3-4H,1-2H3. The molecule has 1 aromatic heterocycles. The fourth-order valence-electron chi connectivity index (χ4n) is 2.52. The summed E-state index contributed by atoms with van der Waals surface area (Å²) in [6, 6.07) is 1.87. The molecule has 27 heavy (non-hydrogen) atoms. The Labute approximate surface area is 151 Å². The summed E-state index contributed by atoms with van der Waals surface area (Å²) in [5.41, 5.74) is -3.91. The lowest BCUT2D eigenvalue weighted by atomic mass is 10.1. The Hall–Kier alpha value is -2.42. The number of hydrogen-bond donors (Lipinski definition) is 0. The first-order valence-electron chi connectivity index (χ1n) is 7.33. The molecular weight excluding hydrogens is 400 g/mol. The van der Waals surface area contributed by atoms with E-state index < -0.39 is 78.5 Å². The molecule has 0 aliphatic carbocycles. The first kappa shape index (κ1) is 19.3. The Bertz CT molecular complexity index is 942. The van der Waals surface area contributed by atoms with E-state index in [2.05, 4.69) is 0 Å². The largest absolute Gasteiger partial charge is 0.203 e. The molecule has 0 N–H and O–H groups in total. The second-order valence-corrected chi connectivity index (χ2v) is 6.76. The van der Waals surface area contributed by atoms with E-state index in [0.717, 1.165) is 26.0 Å². The number of thiophene rings is 1. The van der Waals surface area contributed by atoms with Crippen LogP contribution >= 0.6 is 11.3 Å². The van der Waals surface area contributed by atoms with E-state index >= 15 is 0 Å². The Balaban J connectivity index is 2.25. The van der Waals surface area contributed by atoms with E-state index in [1.165, 1.54) is 0 Å². The van der Waals surface area contributed by atoms with Gasteiger partial charge in [-0.2, -0.15) is 0 Å². The van der Waals surface area contributed by atoms with Gasteiger partial charge in [0.1, 0.15) is 0 Å². The highest BCUT2D eigenvalue weighted by Crippen LogP contribution is 2.41. The van der Waals surface area contributed by atoms with E-state index in [-0.39, 0.29) is 0 Å². The first-order valence-corrected chi connectivity index (χ1v) is 8.15. The van der Waals surface area contributed by atoms with Crippen LogP contribution in [0.1, 0.15) is 11.1 Å². The molecule has 3 aromatic rings. The summed E-state index contributed by atoms with van der Waals surface area (Å²) in [6.07, 6.45) is 0. The molecular formula is C18H8F8S. The third kappa shape index (κ3) is 2.80. The van der Waals surface area contributed by atoms with Crippen molar-refractivity contribution in [2.45, 2.75) is 13.8 Å². The predicted octanol–water partition coefficient (Wildman–Crippen LogP) is 6.81. The zero-order chi connectivity index (χ0) is 20.2. The second-order valence-electron chi connectivity index (χ2n) is 5.68. The topological polar surface area (TPSA) is 0 Å². The zero-order valence-electron chi connectivity index (χ0n) is 13.6. The van der Waals surface area contributed by atoms with E-state index in [4.69, 9.17) is 0 Å². The second kappa shape index (κ2) is 6.63. The minimum atomic E-state index is -1.69. The van der Waals surface area contributed by atoms with Gasteiger partial charge in [0, 0.05) is 20.9 Å². The van der Waals surface area contributed by atoms with Crippen LogP contribution in [0.25, 0.3) is 20.9 Å². The SMILES string of the molecule is Cc1c(F)c(F)c(-c2ccc(-c3c(F)c(F)c(C)c(F)c3F)s2)c(F)c1F. The van der Waals surface area contributed by atoms with Crippen molar-refractivity contribution in [1.29, 1.82) is 0 Å². The van der Waals surface area contributed by atoms with Gasteiger partial charge in [-0.1, -0.05) is 0 Å². The summed E-state index contributed by atoms with van der Waals surface area (Å²) in [7, 11) is 0. The molecule has 1 heterocycles. The van der Waals surface area contributed by atoms with Crippen molar-refractivity contribution >= 4 is 11.3 Å². The molecule has 2 aromatic carbocycles. The Morgan fingerprint density at radius 1 is 0.481 bits per heavy atom. The van der Waals surface area contributed by atoms with Gasteiger partial charge in [0.05, 0.1) is 11.1 Å². The molecule has 3 rings (SSSR count). The molecule has 9 heteroatoms. The van der Waals surface area contributed by atoms with Crippen molar-refractivity contribution in [2.24, 2.45) is 0 Å². The van der Waals surface area contributed by atoms with Gasteiger partial charge in [0.15, 0.2) is 46.5 Å². The quantitative estimate of drug-likeness (QED) is 0.323. The van der Waals surface area contributed by atoms with Crippen LogP contribution in [0, 0.1) is 60.4 Å². The van der Waals surface area contributed by atoms with Gasteiger partial charge in [-0.05, 0) is 26.0 Å². The summed E-state index contributed by atoms with van der Waals surface area (Å²) in [4.78, 5) is -0.837. The highest BCUT2D eigenvalue weighted by molar-refractivity contribution is 7.18. The van der Waals surface area contributed by atoms with Crippen molar-refractivity contribution in [2.75, 3.05) is 0 Å². The van der Waals surface area contributed by atoms with Crippen molar-refractivity contribution in [3.05, 3.63) is 69.8 Å². The maximum Gasteiger partial charge on any atom is 0.170 e. The van der Waals surface area contributed by atoms with Crippen molar-refractivity contribution in [3.63, 3.8) is 0 Å². The average Bonchev–Trinajstić information content (AvgIpc) is 3.11. The van der Waals surface area contributed by atoms with Crippen molar-refractivity contribution in [1.82, 2.24) is 0 Å². The first-order chi connectivity index (χ1) is 12.6. The van der Waals surface area contributed by atoms with Crippen molar-refractivity contribution < 1.29 is 35.1 Å². The molecule has 0 saturated heterocycles. The molecule has 0 amide bonds. The van der Waals surface area contributed by atoms with Gasteiger partial charge in [-0.3, -0.25) is 0 Å². The minimum absolute atomic E-state index is 0.316. The summed E-state index contributed by atoms with van der Waals surface area (Å²) in [6.45, 7) is 1.67. The maximum atomic E-state index is 14.1. The van der Waals surface area contributed by atoms with E-state index in [9.17, 15) is 35.1 Å². The normalized spacial score (nSPS) is 11.3. The molecule has 0 atom stereocenters. The van der Waals surface area contributed by atoms with Gasteiger partial charge >= 0.3 is 0 Å². The molecule has 0 fully saturated rings. The minimum Gasteiger partial charge on any atom is -0.203 e. The molecule has 0 unspecified atom stereocenters. The van der Waals surface area contributed by atoms with Crippen LogP contribution in [0.3, 0.4) is 0 Å². The summed E-state index contributed by atoms with van der Waals surface area (Å²) in [5.74, 6) is -13.3. The van der Waals surface area contributed by atoms with E-state index in [1.54, 1.807) is 0 Å². The fourth-order valence-corrected chi connectivity index (χ4v) is 3.59. The third-order valence-corrected chi connectivity index (χ3v) is 5.18. The van der Waals surface area contributed by atoms with Gasteiger partial charge in [0.2, 0.25) is 0 Å². The third-order valence-electron chi connectivity index (χ3n) is 4.06. The van der Waals surface area contributed by atoms with Crippen molar-refractivity contribution in [3.8, 4) is 20.9 Å². The van der Waals surface area contributed by atoms with Crippen LogP contribution < -0.4 is 0 Å². The molecule has 0 spiro atoms.